The molecule has 0 aliphatic rings. The van der Waals surface area contributed by atoms with Gasteiger partial charge in [0.2, 0.25) is 0 Å². The van der Waals surface area contributed by atoms with Crippen molar-refractivity contribution in [1.29, 1.82) is 0 Å². The van der Waals surface area contributed by atoms with Gasteiger partial charge in [-0.25, -0.2) is 0 Å². The van der Waals surface area contributed by atoms with Crippen molar-refractivity contribution in [3.05, 3.63) is 0 Å². The van der Waals surface area contributed by atoms with Crippen LogP contribution in [0.2, 0.25) is 6.32 Å². The van der Waals surface area contributed by atoms with Crippen molar-refractivity contribution in [3.8, 4) is 0 Å². The SMILES string of the molecule is [B]CCC(=O)C(C)(C)C(=O)OC. The molecule has 0 aromatic heterocycles. The summed E-state index contributed by atoms with van der Waals surface area (Å²) in [5.41, 5.74) is -1.06. The number of carbonyl (C=O) groups excluding carboxylic acids is 2. The molecule has 0 aliphatic heterocycles. The highest BCUT2D eigenvalue weighted by atomic mass is 16.5. The molecule has 0 amide bonds. The lowest BCUT2D eigenvalue weighted by molar-refractivity contribution is -0.155. The number of ketones is 1. The Morgan fingerprint density at radius 1 is 1.42 bits per heavy atom. The Balaban J connectivity index is 4.38. The predicted octanol–water partition coefficient (Wildman–Crippen LogP) is 0.732. The Labute approximate surface area is 73.9 Å². The number of carbonyl (C=O) groups is 2. The van der Waals surface area contributed by atoms with Gasteiger partial charge >= 0.3 is 5.97 Å². The van der Waals surface area contributed by atoms with Crippen LogP contribution in [-0.2, 0) is 14.3 Å². The van der Waals surface area contributed by atoms with Gasteiger partial charge in [-0.15, -0.1) is 0 Å². The van der Waals surface area contributed by atoms with E-state index in [0.717, 1.165) is 0 Å². The molecule has 0 aliphatic carbocycles. The topological polar surface area (TPSA) is 43.4 Å². The third kappa shape index (κ3) is 2.36. The first-order valence-corrected chi connectivity index (χ1v) is 3.78. The molecule has 2 radical (unpaired) electrons. The van der Waals surface area contributed by atoms with E-state index >= 15 is 0 Å². The van der Waals surface area contributed by atoms with Crippen molar-refractivity contribution in [2.24, 2.45) is 5.41 Å². The molecule has 66 valence electrons. The molecule has 0 saturated carbocycles. The van der Waals surface area contributed by atoms with Gasteiger partial charge in [0.1, 0.15) is 11.2 Å². The van der Waals surface area contributed by atoms with Crippen LogP contribution in [0.4, 0.5) is 0 Å². The van der Waals surface area contributed by atoms with Crippen LogP contribution in [0.5, 0.6) is 0 Å². The fourth-order valence-electron chi connectivity index (χ4n) is 0.813. The zero-order chi connectivity index (χ0) is 9.78. The monoisotopic (exact) mass is 168 g/mol. The van der Waals surface area contributed by atoms with Crippen molar-refractivity contribution in [2.45, 2.75) is 26.6 Å². The van der Waals surface area contributed by atoms with Crippen LogP contribution in [0.3, 0.4) is 0 Å². The number of hydrogen-bond donors (Lipinski definition) is 0. The number of Topliss-reactive ketones (excluding diaryl/α,β-unsaturated/α-hetero) is 1. The van der Waals surface area contributed by atoms with Gasteiger partial charge in [-0.1, -0.05) is 6.32 Å². The normalized spacial score (nSPS) is 10.9. The molecule has 0 saturated heterocycles. The minimum Gasteiger partial charge on any atom is -0.468 e. The Bertz CT molecular complexity index is 187. The molecule has 4 heteroatoms. The van der Waals surface area contributed by atoms with Gasteiger partial charge in [0.05, 0.1) is 15.0 Å². The minimum absolute atomic E-state index is 0.183. The average Bonchev–Trinajstić information content (AvgIpc) is 2.03. The molecule has 0 aromatic rings. The van der Waals surface area contributed by atoms with Crippen LogP contribution in [0, 0.1) is 5.41 Å². The van der Waals surface area contributed by atoms with Gasteiger partial charge in [0, 0.05) is 0 Å². The second kappa shape index (κ2) is 4.29. The lowest BCUT2D eigenvalue weighted by Gasteiger charge is -2.19. The average molecular weight is 168 g/mol. The van der Waals surface area contributed by atoms with Gasteiger partial charge in [-0.2, -0.15) is 0 Å². The summed E-state index contributed by atoms with van der Waals surface area (Å²) in [7, 11) is 6.46. The third-order valence-electron chi connectivity index (χ3n) is 1.76. The molecular weight excluding hydrogens is 155 g/mol. The lowest BCUT2D eigenvalue weighted by atomic mass is 9.83. The summed E-state index contributed by atoms with van der Waals surface area (Å²) in [5.74, 6) is -0.696. The maximum atomic E-state index is 11.3. The molecule has 0 N–H and O–H groups in total. The van der Waals surface area contributed by atoms with E-state index < -0.39 is 11.4 Å². The van der Waals surface area contributed by atoms with Crippen molar-refractivity contribution < 1.29 is 14.3 Å². The zero-order valence-electron chi connectivity index (χ0n) is 7.72. The van der Waals surface area contributed by atoms with Crippen LogP contribution in [-0.4, -0.2) is 26.7 Å². The Kier molecular flexibility index (Phi) is 4.00. The number of hydrogen-bond acceptors (Lipinski definition) is 3. The molecule has 0 bridgehead atoms. The summed E-state index contributed by atoms with van der Waals surface area (Å²) in [6, 6.07) is 0. The van der Waals surface area contributed by atoms with E-state index in [0.29, 0.717) is 0 Å². The largest absolute Gasteiger partial charge is 0.468 e. The number of ether oxygens (including phenoxy) is 1. The molecule has 0 heterocycles. The van der Waals surface area contributed by atoms with E-state index in [1.807, 2.05) is 0 Å². The Hall–Kier alpha value is -0.795. The van der Waals surface area contributed by atoms with Crippen molar-refractivity contribution in [3.63, 3.8) is 0 Å². The van der Waals surface area contributed by atoms with Gasteiger partial charge in [0.25, 0.3) is 0 Å². The maximum Gasteiger partial charge on any atom is 0.318 e. The summed E-state index contributed by atoms with van der Waals surface area (Å²) in [5, 5.41) is 0. The molecule has 0 rings (SSSR count). The highest BCUT2D eigenvalue weighted by molar-refractivity contribution is 6.12. The van der Waals surface area contributed by atoms with E-state index in [1.54, 1.807) is 0 Å². The molecule has 3 nitrogen and oxygen atoms in total. The molecule has 0 aromatic carbocycles. The minimum atomic E-state index is -1.06. The fourth-order valence-corrected chi connectivity index (χ4v) is 0.813. The fraction of sp³-hybridized carbons (Fsp3) is 0.750. The molecular formula is C8H13BO3. The first kappa shape index (κ1) is 11.2. The van der Waals surface area contributed by atoms with Gasteiger partial charge in [-0.05, 0) is 20.3 Å². The van der Waals surface area contributed by atoms with Crippen LogP contribution in [0.15, 0.2) is 0 Å². The Morgan fingerprint density at radius 3 is 2.25 bits per heavy atom. The van der Waals surface area contributed by atoms with Gasteiger partial charge in [-0.3, -0.25) is 9.59 Å². The molecule has 0 spiro atoms. The summed E-state index contributed by atoms with van der Waals surface area (Å²) in [6.07, 6.45) is 0.474. The molecule has 0 fully saturated rings. The molecule has 0 atom stereocenters. The highest BCUT2D eigenvalue weighted by Crippen LogP contribution is 2.20. The van der Waals surface area contributed by atoms with Crippen LogP contribution in [0.25, 0.3) is 0 Å². The standard InChI is InChI=1S/C8H13BO3/c1-8(2,7(11)12-3)6(10)4-5-9/h4-5H2,1-3H3. The van der Waals surface area contributed by atoms with Crippen LogP contribution >= 0.6 is 0 Å². The van der Waals surface area contributed by atoms with Gasteiger partial charge < -0.3 is 4.74 Å². The van der Waals surface area contributed by atoms with Crippen molar-refractivity contribution in [2.75, 3.05) is 7.11 Å². The van der Waals surface area contributed by atoms with Crippen LogP contribution < -0.4 is 0 Å². The summed E-state index contributed by atoms with van der Waals surface area (Å²) in [6.45, 7) is 3.08. The van der Waals surface area contributed by atoms with E-state index in [-0.39, 0.29) is 18.5 Å². The van der Waals surface area contributed by atoms with Crippen LogP contribution in [0.1, 0.15) is 20.3 Å². The molecule has 0 unspecified atom stereocenters. The first-order chi connectivity index (χ1) is 5.46. The van der Waals surface area contributed by atoms with Crippen molar-refractivity contribution in [1.82, 2.24) is 0 Å². The van der Waals surface area contributed by atoms with E-state index in [1.165, 1.54) is 21.0 Å². The smallest absolute Gasteiger partial charge is 0.318 e. The quantitative estimate of drug-likeness (QED) is 0.353. The second-order valence-corrected chi connectivity index (χ2v) is 3.08. The zero-order valence-corrected chi connectivity index (χ0v) is 7.72. The number of methoxy groups -OCH3 is 1. The summed E-state index contributed by atoms with van der Waals surface area (Å²) in [4.78, 5) is 22.4. The predicted molar refractivity (Wildman–Crippen MR) is 46.0 cm³/mol. The first-order valence-electron chi connectivity index (χ1n) is 3.78. The number of rotatable bonds is 4. The summed E-state index contributed by atoms with van der Waals surface area (Å²) < 4.78 is 4.48. The lowest BCUT2D eigenvalue weighted by Crippen LogP contribution is -2.34. The highest BCUT2D eigenvalue weighted by Gasteiger charge is 2.35. The summed E-state index contributed by atoms with van der Waals surface area (Å²) >= 11 is 0. The van der Waals surface area contributed by atoms with E-state index in [4.69, 9.17) is 7.85 Å². The third-order valence-corrected chi connectivity index (χ3v) is 1.76. The van der Waals surface area contributed by atoms with E-state index in [9.17, 15) is 9.59 Å². The van der Waals surface area contributed by atoms with E-state index in [2.05, 4.69) is 4.74 Å². The Morgan fingerprint density at radius 2 is 1.92 bits per heavy atom. The van der Waals surface area contributed by atoms with Gasteiger partial charge in [0.15, 0.2) is 0 Å². The number of esters is 1. The molecule has 12 heavy (non-hydrogen) atoms. The van der Waals surface area contributed by atoms with Crippen molar-refractivity contribution >= 4 is 19.6 Å². The second-order valence-electron chi connectivity index (χ2n) is 3.08. The maximum absolute atomic E-state index is 11.3.